The quantitative estimate of drug-likeness (QED) is 0.928. The third-order valence-corrected chi connectivity index (χ3v) is 4.19. The Bertz CT molecular complexity index is 554. The van der Waals surface area contributed by atoms with Gasteiger partial charge in [0, 0.05) is 18.2 Å². The molecule has 0 spiro atoms. The van der Waals surface area contributed by atoms with E-state index in [4.69, 9.17) is 0 Å². The minimum atomic E-state index is -0.488. The summed E-state index contributed by atoms with van der Waals surface area (Å²) in [7, 11) is 0. The van der Waals surface area contributed by atoms with Crippen LogP contribution in [0.25, 0.3) is 0 Å². The predicted molar refractivity (Wildman–Crippen MR) is 83.3 cm³/mol. The number of carbonyl (C=O) groups excluding carboxylic acids is 2. The van der Waals surface area contributed by atoms with E-state index in [1.165, 1.54) is 0 Å². The maximum atomic E-state index is 12.4. The van der Waals surface area contributed by atoms with E-state index in [0.717, 1.165) is 30.5 Å². The predicted octanol–water partition coefficient (Wildman–Crippen LogP) is 2.43. The molecule has 4 nitrogen and oxygen atoms in total. The lowest BCUT2D eigenvalue weighted by molar-refractivity contribution is -0.133. The summed E-state index contributed by atoms with van der Waals surface area (Å²) in [6.07, 6.45) is 2.09. The van der Waals surface area contributed by atoms with Crippen LogP contribution in [0.15, 0.2) is 18.2 Å². The van der Waals surface area contributed by atoms with Gasteiger partial charge < -0.3 is 10.2 Å². The number of rotatable bonds is 3. The van der Waals surface area contributed by atoms with Crippen molar-refractivity contribution in [3.8, 4) is 0 Å². The minimum Gasteiger partial charge on any atom is -0.341 e. The molecule has 114 valence electrons. The number of aryl methyl sites for hydroxylation is 2. The van der Waals surface area contributed by atoms with Crippen LogP contribution in [-0.2, 0) is 4.79 Å². The highest BCUT2D eigenvalue weighted by atomic mass is 16.2. The van der Waals surface area contributed by atoms with E-state index in [1.54, 1.807) is 6.92 Å². The second kappa shape index (κ2) is 6.29. The van der Waals surface area contributed by atoms with Gasteiger partial charge in [0.1, 0.15) is 6.04 Å². The fourth-order valence-corrected chi connectivity index (χ4v) is 2.83. The molecule has 1 saturated heterocycles. The third-order valence-electron chi connectivity index (χ3n) is 4.19. The van der Waals surface area contributed by atoms with Gasteiger partial charge in [-0.05, 0) is 52.2 Å². The Kier molecular flexibility index (Phi) is 4.66. The summed E-state index contributed by atoms with van der Waals surface area (Å²) in [4.78, 5) is 26.6. The normalized spacial score (nSPS) is 19.4. The average molecular weight is 288 g/mol. The van der Waals surface area contributed by atoms with Gasteiger partial charge in [-0.25, -0.2) is 0 Å². The van der Waals surface area contributed by atoms with Crippen LogP contribution in [0.1, 0.15) is 48.2 Å². The van der Waals surface area contributed by atoms with Crippen LogP contribution in [0, 0.1) is 13.8 Å². The third kappa shape index (κ3) is 3.43. The molecule has 2 atom stereocenters. The SMILES string of the molecule is Cc1ccc(C)c(C(=O)N[C@@H](C)C(=O)N2CCC[C@H]2C)c1. The fourth-order valence-electron chi connectivity index (χ4n) is 2.83. The van der Waals surface area contributed by atoms with E-state index in [1.807, 2.05) is 36.9 Å². The summed E-state index contributed by atoms with van der Waals surface area (Å²) in [6, 6.07) is 5.56. The van der Waals surface area contributed by atoms with Crippen molar-refractivity contribution in [2.75, 3.05) is 6.54 Å². The Balaban J connectivity index is 2.05. The van der Waals surface area contributed by atoms with Crippen LogP contribution >= 0.6 is 0 Å². The second-order valence-corrected chi connectivity index (χ2v) is 6.04. The molecule has 0 radical (unpaired) electrons. The molecule has 0 aromatic heterocycles. The average Bonchev–Trinajstić information content (AvgIpc) is 2.86. The molecular weight excluding hydrogens is 264 g/mol. The number of nitrogens with zero attached hydrogens (tertiary/aromatic N) is 1. The molecule has 0 aliphatic carbocycles. The molecular formula is C17H24N2O2. The molecule has 1 aromatic rings. The summed E-state index contributed by atoms with van der Waals surface area (Å²) in [5, 5.41) is 2.83. The van der Waals surface area contributed by atoms with Crippen molar-refractivity contribution in [1.29, 1.82) is 0 Å². The standard InChI is InChI=1S/C17H24N2O2/c1-11-7-8-12(2)15(10-11)16(20)18-14(4)17(21)19-9-5-6-13(19)3/h7-8,10,13-14H,5-6,9H2,1-4H3,(H,18,20)/t13-,14+/m1/s1. The topological polar surface area (TPSA) is 49.4 Å². The van der Waals surface area contributed by atoms with E-state index < -0.39 is 6.04 Å². The lowest BCUT2D eigenvalue weighted by Crippen LogP contribution is -2.48. The molecule has 1 fully saturated rings. The largest absolute Gasteiger partial charge is 0.341 e. The van der Waals surface area contributed by atoms with Crippen LogP contribution in [0.3, 0.4) is 0 Å². The second-order valence-electron chi connectivity index (χ2n) is 6.04. The zero-order valence-corrected chi connectivity index (χ0v) is 13.3. The maximum absolute atomic E-state index is 12.4. The van der Waals surface area contributed by atoms with Crippen LogP contribution in [0.2, 0.25) is 0 Å². The molecule has 0 saturated carbocycles. The van der Waals surface area contributed by atoms with Crippen molar-refractivity contribution < 1.29 is 9.59 Å². The Labute approximate surface area is 126 Å². The summed E-state index contributed by atoms with van der Waals surface area (Å²) in [6.45, 7) is 8.48. The molecule has 21 heavy (non-hydrogen) atoms. The Morgan fingerprint density at radius 2 is 2.05 bits per heavy atom. The minimum absolute atomic E-state index is 0.0126. The molecule has 1 heterocycles. The lowest BCUT2D eigenvalue weighted by Gasteiger charge is -2.25. The first-order valence-electron chi connectivity index (χ1n) is 7.58. The van der Waals surface area contributed by atoms with Gasteiger partial charge in [0.15, 0.2) is 0 Å². The molecule has 0 unspecified atom stereocenters. The fraction of sp³-hybridized carbons (Fsp3) is 0.529. The van der Waals surface area contributed by atoms with Crippen LogP contribution < -0.4 is 5.32 Å². The molecule has 1 aliphatic heterocycles. The first-order chi connectivity index (χ1) is 9.90. The highest BCUT2D eigenvalue weighted by Gasteiger charge is 2.29. The monoisotopic (exact) mass is 288 g/mol. The van der Waals surface area contributed by atoms with E-state index >= 15 is 0 Å². The van der Waals surface area contributed by atoms with Crippen molar-refractivity contribution in [2.24, 2.45) is 0 Å². The summed E-state index contributed by atoms with van der Waals surface area (Å²) in [5.41, 5.74) is 2.61. The van der Waals surface area contributed by atoms with Gasteiger partial charge in [0.2, 0.25) is 5.91 Å². The van der Waals surface area contributed by atoms with Crippen molar-refractivity contribution in [3.05, 3.63) is 34.9 Å². The zero-order valence-electron chi connectivity index (χ0n) is 13.3. The highest BCUT2D eigenvalue weighted by Crippen LogP contribution is 2.17. The number of carbonyl (C=O) groups is 2. The van der Waals surface area contributed by atoms with Gasteiger partial charge in [0.05, 0.1) is 0 Å². The van der Waals surface area contributed by atoms with Crippen LogP contribution in [0.5, 0.6) is 0 Å². The number of nitrogens with one attached hydrogen (secondary N) is 1. The number of amides is 2. The maximum Gasteiger partial charge on any atom is 0.252 e. The highest BCUT2D eigenvalue weighted by molar-refractivity contribution is 5.98. The van der Waals surface area contributed by atoms with Crippen LogP contribution in [0.4, 0.5) is 0 Å². The van der Waals surface area contributed by atoms with Gasteiger partial charge in [0.25, 0.3) is 5.91 Å². The summed E-state index contributed by atoms with van der Waals surface area (Å²) < 4.78 is 0. The van der Waals surface area contributed by atoms with E-state index in [-0.39, 0.29) is 17.9 Å². The van der Waals surface area contributed by atoms with Gasteiger partial charge in [-0.3, -0.25) is 9.59 Å². The Morgan fingerprint density at radius 1 is 1.33 bits per heavy atom. The first kappa shape index (κ1) is 15.5. The first-order valence-corrected chi connectivity index (χ1v) is 7.58. The molecule has 2 rings (SSSR count). The molecule has 1 aliphatic rings. The van der Waals surface area contributed by atoms with E-state index in [2.05, 4.69) is 12.2 Å². The molecule has 0 bridgehead atoms. The van der Waals surface area contributed by atoms with E-state index in [9.17, 15) is 9.59 Å². The summed E-state index contributed by atoms with van der Waals surface area (Å²) >= 11 is 0. The number of hydrogen-bond acceptors (Lipinski definition) is 2. The Morgan fingerprint density at radius 3 is 2.67 bits per heavy atom. The smallest absolute Gasteiger partial charge is 0.252 e. The summed E-state index contributed by atoms with van der Waals surface area (Å²) in [5.74, 6) is -0.164. The van der Waals surface area contributed by atoms with Crippen molar-refractivity contribution >= 4 is 11.8 Å². The van der Waals surface area contributed by atoms with Gasteiger partial charge >= 0.3 is 0 Å². The number of benzene rings is 1. The van der Waals surface area contributed by atoms with Crippen LogP contribution in [-0.4, -0.2) is 35.3 Å². The van der Waals surface area contributed by atoms with Gasteiger partial charge in [-0.2, -0.15) is 0 Å². The zero-order chi connectivity index (χ0) is 15.6. The van der Waals surface area contributed by atoms with Crippen molar-refractivity contribution in [3.63, 3.8) is 0 Å². The number of hydrogen-bond donors (Lipinski definition) is 1. The van der Waals surface area contributed by atoms with E-state index in [0.29, 0.717) is 5.56 Å². The Hall–Kier alpha value is -1.84. The molecule has 2 amide bonds. The molecule has 1 N–H and O–H groups in total. The van der Waals surface area contributed by atoms with Gasteiger partial charge in [-0.1, -0.05) is 17.7 Å². The van der Waals surface area contributed by atoms with Crippen molar-refractivity contribution in [2.45, 2.75) is 52.6 Å². The van der Waals surface area contributed by atoms with Gasteiger partial charge in [-0.15, -0.1) is 0 Å². The molecule has 1 aromatic carbocycles. The van der Waals surface area contributed by atoms with Crippen molar-refractivity contribution in [1.82, 2.24) is 10.2 Å². The molecule has 4 heteroatoms. The lowest BCUT2D eigenvalue weighted by atomic mass is 10.0. The number of likely N-dealkylation sites (tertiary alicyclic amines) is 1.